The van der Waals surface area contributed by atoms with E-state index in [1.165, 1.54) is 18.4 Å². The standard InChI is InChI=1S/C23H22FN3O4/c24-18-5-1-6-19(14-18)31-22-17(4-2-10-25-22)15-26-21(28)16-8-11-27(12-9-16)23(29)20-7-3-13-30-20/h1-7,10,13-14,16H,8-9,11-12,15H2,(H,26,28). The molecule has 1 saturated heterocycles. The van der Waals surface area contributed by atoms with Gasteiger partial charge < -0.3 is 19.4 Å². The van der Waals surface area contributed by atoms with Crippen LogP contribution in [-0.4, -0.2) is 34.8 Å². The zero-order valence-corrected chi connectivity index (χ0v) is 16.8. The summed E-state index contributed by atoms with van der Waals surface area (Å²) in [5.74, 6) is 0.145. The van der Waals surface area contributed by atoms with Crippen molar-refractivity contribution in [1.29, 1.82) is 0 Å². The molecule has 31 heavy (non-hydrogen) atoms. The second kappa shape index (κ2) is 9.42. The normalized spacial score (nSPS) is 14.3. The van der Waals surface area contributed by atoms with Crippen LogP contribution < -0.4 is 10.1 Å². The van der Waals surface area contributed by atoms with Crippen molar-refractivity contribution in [2.75, 3.05) is 13.1 Å². The molecule has 0 saturated carbocycles. The SMILES string of the molecule is O=C(NCc1cccnc1Oc1cccc(F)c1)C1CCN(C(=O)c2ccco2)CC1. The van der Waals surface area contributed by atoms with Crippen LogP contribution in [0.4, 0.5) is 4.39 Å². The number of carbonyl (C=O) groups is 2. The first-order valence-electron chi connectivity index (χ1n) is 10.1. The summed E-state index contributed by atoms with van der Waals surface area (Å²) in [5.41, 5.74) is 0.686. The van der Waals surface area contributed by atoms with Crippen molar-refractivity contribution < 1.29 is 23.1 Å². The van der Waals surface area contributed by atoms with Gasteiger partial charge in [0.1, 0.15) is 11.6 Å². The summed E-state index contributed by atoms with van der Waals surface area (Å²) in [4.78, 5) is 30.9. The molecule has 0 aliphatic carbocycles. The molecular formula is C23H22FN3O4. The Kier molecular flexibility index (Phi) is 6.26. The van der Waals surface area contributed by atoms with E-state index in [-0.39, 0.29) is 24.3 Å². The van der Waals surface area contributed by atoms with Gasteiger partial charge in [-0.3, -0.25) is 9.59 Å². The molecule has 7 nitrogen and oxygen atoms in total. The average Bonchev–Trinajstić information content (AvgIpc) is 3.33. The number of nitrogens with one attached hydrogen (secondary N) is 1. The van der Waals surface area contributed by atoms with Gasteiger partial charge in [-0.15, -0.1) is 0 Å². The van der Waals surface area contributed by atoms with Crippen LogP contribution in [0.15, 0.2) is 65.4 Å². The molecule has 3 aromatic rings. The minimum atomic E-state index is -0.403. The summed E-state index contributed by atoms with van der Waals surface area (Å²) in [5, 5.41) is 2.92. The van der Waals surface area contributed by atoms with Crippen molar-refractivity contribution in [1.82, 2.24) is 15.2 Å². The zero-order valence-electron chi connectivity index (χ0n) is 16.8. The van der Waals surface area contributed by atoms with E-state index in [9.17, 15) is 14.0 Å². The molecule has 160 valence electrons. The van der Waals surface area contributed by atoms with Crippen LogP contribution in [0.1, 0.15) is 29.0 Å². The Bertz CT molecular complexity index is 1050. The molecule has 0 spiro atoms. The number of ether oxygens (including phenoxy) is 1. The number of hydrogen-bond acceptors (Lipinski definition) is 5. The Labute approximate surface area is 178 Å². The van der Waals surface area contributed by atoms with E-state index in [0.29, 0.717) is 48.9 Å². The van der Waals surface area contributed by atoms with E-state index >= 15 is 0 Å². The van der Waals surface area contributed by atoms with Crippen LogP contribution in [0.2, 0.25) is 0 Å². The number of halogens is 1. The Morgan fingerprint density at radius 2 is 2.00 bits per heavy atom. The van der Waals surface area contributed by atoms with Gasteiger partial charge >= 0.3 is 0 Å². The van der Waals surface area contributed by atoms with Crippen molar-refractivity contribution in [2.45, 2.75) is 19.4 Å². The molecule has 1 aromatic carbocycles. The third kappa shape index (κ3) is 5.09. The van der Waals surface area contributed by atoms with Crippen LogP contribution in [-0.2, 0) is 11.3 Å². The van der Waals surface area contributed by atoms with Gasteiger partial charge in [-0.05, 0) is 43.2 Å². The minimum absolute atomic E-state index is 0.0781. The molecular weight excluding hydrogens is 401 g/mol. The predicted octanol–water partition coefficient (Wildman–Crippen LogP) is 3.77. The van der Waals surface area contributed by atoms with E-state index in [1.807, 2.05) is 0 Å². The lowest BCUT2D eigenvalue weighted by atomic mass is 9.95. The third-order valence-electron chi connectivity index (χ3n) is 5.20. The van der Waals surface area contributed by atoms with E-state index < -0.39 is 5.82 Å². The van der Waals surface area contributed by atoms with Gasteiger partial charge in [-0.2, -0.15) is 0 Å². The van der Waals surface area contributed by atoms with Crippen molar-refractivity contribution in [3.8, 4) is 11.6 Å². The van der Waals surface area contributed by atoms with Gasteiger partial charge in [0.15, 0.2) is 5.76 Å². The number of pyridine rings is 1. The summed E-state index contributed by atoms with van der Waals surface area (Å²) in [6, 6.07) is 12.7. The number of benzene rings is 1. The van der Waals surface area contributed by atoms with Crippen molar-refractivity contribution in [2.24, 2.45) is 5.92 Å². The predicted molar refractivity (Wildman–Crippen MR) is 110 cm³/mol. The number of likely N-dealkylation sites (tertiary alicyclic amines) is 1. The smallest absolute Gasteiger partial charge is 0.289 e. The summed E-state index contributed by atoms with van der Waals surface area (Å²) in [7, 11) is 0. The molecule has 1 aliphatic heterocycles. The molecule has 0 unspecified atom stereocenters. The summed E-state index contributed by atoms with van der Waals surface area (Å²) in [6.45, 7) is 1.24. The molecule has 0 radical (unpaired) electrons. The maximum Gasteiger partial charge on any atom is 0.289 e. The molecule has 8 heteroatoms. The monoisotopic (exact) mass is 423 g/mol. The van der Waals surface area contributed by atoms with Crippen LogP contribution >= 0.6 is 0 Å². The van der Waals surface area contributed by atoms with Crippen LogP contribution in [0.25, 0.3) is 0 Å². The number of hydrogen-bond donors (Lipinski definition) is 1. The fraction of sp³-hybridized carbons (Fsp3) is 0.261. The fourth-order valence-electron chi connectivity index (χ4n) is 3.52. The highest BCUT2D eigenvalue weighted by molar-refractivity contribution is 5.91. The maximum atomic E-state index is 13.4. The number of carbonyl (C=O) groups excluding carboxylic acids is 2. The van der Waals surface area contributed by atoms with E-state index in [4.69, 9.17) is 9.15 Å². The minimum Gasteiger partial charge on any atom is -0.459 e. The number of amides is 2. The molecule has 2 amide bonds. The molecule has 1 N–H and O–H groups in total. The third-order valence-corrected chi connectivity index (χ3v) is 5.20. The van der Waals surface area contributed by atoms with Gasteiger partial charge in [0, 0.05) is 43.4 Å². The first-order valence-corrected chi connectivity index (χ1v) is 10.1. The van der Waals surface area contributed by atoms with Gasteiger partial charge in [-0.25, -0.2) is 9.37 Å². The number of piperidine rings is 1. The molecule has 1 aliphatic rings. The molecule has 0 atom stereocenters. The van der Waals surface area contributed by atoms with Crippen molar-refractivity contribution in [3.63, 3.8) is 0 Å². The first kappa shape index (κ1) is 20.6. The van der Waals surface area contributed by atoms with E-state index in [0.717, 1.165) is 0 Å². The fourth-order valence-corrected chi connectivity index (χ4v) is 3.52. The number of nitrogens with zero attached hydrogens (tertiary/aromatic N) is 2. The molecule has 3 heterocycles. The lowest BCUT2D eigenvalue weighted by Crippen LogP contribution is -2.42. The van der Waals surface area contributed by atoms with Crippen molar-refractivity contribution in [3.05, 3.63) is 78.1 Å². The average molecular weight is 423 g/mol. The van der Waals surface area contributed by atoms with Gasteiger partial charge in [0.05, 0.1) is 6.26 Å². The summed E-state index contributed by atoms with van der Waals surface area (Å²) < 4.78 is 24.3. The molecule has 2 aromatic heterocycles. The first-order chi connectivity index (χ1) is 15.1. The maximum absolute atomic E-state index is 13.4. The second-order valence-corrected chi connectivity index (χ2v) is 7.29. The molecule has 4 rings (SSSR count). The van der Waals surface area contributed by atoms with Gasteiger partial charge in [0.2, 0.25) is 11.8 Å². The van der Waals surface area contributed by atoms with Gasteiger partial charge in [0.25, 0.3) is 5.91 Å². The molecule has 0 bridgehead atoms. The van der Waals surface area contributed by atoms with Crippen molar-refractivity contribution >= 4 is 11.8 Å². The zero-order chi connectivity index (χ0) is 21.6. The number of aromatic nitrogens is 1. The molecule has 1 fully saturated rings. The second-order valence-electron chi connectivity index (χ2n) is 7.29. The topological polar surface area (TPSA) is 84.7 Å². The Hall–Kier alpha value is -3.68. The Morgan fingerprint density at radius 3 is 2.74 bits per heavy atom. The quantitative estimate of drug-likeness (QED) is 0.652. The van der Waals surface area contributed by atoms with E-state index in [2.05, 4.69) is 10.3 Å². The number of furan rings is 1. The lowest BCUT2D eigenvalue weighted by Gasteiger charge is -2.30. The van der Waals surface area contributed by atoms with E-state index in [1.54, 1.807) is 47.5 Å². The summed E-state index contributed by atoms with van der Waals surface area (Å²) in [6.07, 6.45) is 4.21. The van der Waals surface area contributed by atoms with Crippen LogP contribution in [0, 0.1) is 11.7 Å². The lowest BCUT2D eigenvalue weighted by molar-refractivity contribution is -0.126. The highest BCUT2D eigenvalue weighted by Gasteiger charge is 2.28. The Morgan fingerprint density at radius 1 is 1.16 bits per heavy atom. The van der Waals surface area contributed by atoms with Crippen LogP contribution in [0.3, 0.4) is 0 Å². The summed E-state index contributed by atoms with van der Waals surface area (Å²) >= 11 is 0. The van der Waals surface area contributed by atoms with Gasteiger partial charge in [-0.1, -0.05) is 12.1 Å². The highest BCUT2D eigenvalue weighted by Crippen LogP contribution is 2.24. The highest BCUT2D eigenvalue weighted by atomic mass is 19.1. The largest absolute Gasteiger partial charge is 0.459 e. The number of rotatable bonds is 6. The van der Waals surface area contributed by atoms with Crippen LogP contribution in [0.5, 0.6) is 11.6 Å². The Balaban J connectivity index is 1.31.